The highest BCUT2D eigenvalue weighted by molar-refractivity contribution is 5.76. The van der Waals surface area contributed by atoms with Crippen LogP contribution in [0.5, 0.6) is 0 Å². The van der Waals surface area contributed by atoms with E-state index in [9.17, 15) is 15.0 Å². The molecule has 0 aromatic heterocycles. The van der Waals surface area contributed by atoms with Crippen LogP contribution in [0.4, 0.5) is 0 Å². The minimum absolute atomic E-state index is 0.0947. The molecule has 0 aromatic carbocycles. The molecule has 2 atom stereocenters. The lowest BCUT2D eigenvalue weighted by molar-refractivity contribution is -0.123. The van der Waals surface area contributed by atoms with E-state index in [0.717, 1.165) is 83.5 Å². The Bertz CT molecular complexity index is 788. The third kappa shape index (κ3) is 28.9. The van der Waals surface area contributed by atoms with Crippen LogP contribution in [-0.2, 0) is 4.79 Å². The maximum absolute atomic E-state index is 12.1. The van der Waals surface area contributed by atoms with E-state index in [-0.39, 0.29) is 12.5 Å². The van der Waals surface area contributed by atoms with E-state index >= 15 is 0 Å². The molecule has 41 heavy (non-hydrogen) atoms. The van der Waals surface area contributed by atoms with Crippen molar-refractivity contribution in [1.29, 1.82) is 0 Å². The molecule has 0 fully saturated rings. The second-order valence-corrected chi connectivity index (χ2v) is 10.5. The van der Waals surface area contributed by atoms with Gasteiger partial charge in [0, 0.05) is 6.42 Å². The lowest BCUT2D eigenvalue weighted by atomic mass is 10.1. The number of allylic oxidation sites excluding steroid dienone is 13. The van der Waals surface area contributed by atoms with Crippen molar-refractivity contribution in [3.05, 3.63) is 85.1 Å². The molecular weight excluding hydrogens is 506 g/mol. The SMILES string of the molecule is CC/C=C\C/C=C\C/C=C\C/C=C\C/C=C\C/C=C\CCCCCCCCC(=O)NC(CO)C(O)/C=C/CCCC. The summed E-state index contributed by atoms with van der Waals surface area (Å²) >= 11 is 0. The quantitative estimate of drug-likeness (QED) is 0.0684. The second-order valence-electron chi connectivity index (χ2n) is 10.5. The maximum Gasteiger partial charge on any atom is 0.220 e. The van der Waals surface area contributed by atoms with Gasteiger partial charge in [-0.1, -0.05) is 137 Å². The maximum atomic E-state index is 12.1. The first-order valence-corrected chi connectivity index (χ1v) is 16.3. The van der Waals surface area contributed by atoms with E-state index in [0.29, 0.717) is 6.42 Å². The summed E-state index contributed by atoms with van der Waals surface area (Å²) in [5.41, 5.74) is 0. The smallest absolute Gasteiger partial charge is 0.220 e. The largest absolute Gasteiger partial charge is 0.394 e. The van der Waals surface area contributed by atoms with E-state index < -0.39 is 12.1 Å². The van der Waals surface area contributed by atoms with Gasteiger partial charge in [-0.05, 0) is 64.2 Å². The van der Waals surface area contributed by atoms with Gasteiger partial charge in [-0.25, -0.2) is 0 Å². The lowest BCUT2D eigenvalue weighted by Crippen LogP contribution is -2.45. The van der Waals surface area contributed by atoms with Crippen LogP contribution in [0.2, 0.25) is 0 Å². The summed E-state index contributed by atoms with van der Waals surface area (Å²) in [5, 5.41) is 22.4. The van der Waals surface area contributed by atoms with Gasteiger partial charge in [-0.3, -0.25) is 4.79 Å². The molecule has 0 spiro atoms. The summed E-state index contributed by atoms with van der Waals surface area (Å²) in [7, 11) is 0. The highest BCUT2D eigenvalue weighted by Gasteiger charge is 2.17. The topological polar surface area (TPSA) is 69.6 Å². The number of hydrogen-bond acceptors (Lipinski definition) is 3. The van der Waals surface area contributed by atoms with Gasteiger partial charge in [0.15, 0.2) is 0 Å². The molecule has 0 aromatic rings. The average Bonchev–Trinajstić information content (AvgIpc) is 2.98. The van der Waals surface area contributed by atoms with Gasteiger partial charge in [0.2, 0.25) is 5.91 Å². The van der Waals surface area contributed by atoms with Crippen molar-refractivity contribution in [3.63, 3.8) is 0 Å². The summed E-state index contributed by atoms with van der Waals surface area (Å²) in [6, 6.07) is -0.630. The monoisotopic (exact) mass is 567 g/mol. The molecule has 3 N–H and O–H groups in total. The van der Waals surface area contributed by atoms with Crippen LogP contribution in [0.25, 0.3) is 0 Å². The van der Waals surface area contributed by atoms with Crippen LogP contribution < -0.4 is 5.32 Å². The summed E-state index contributed by atoms with van der Waals surface area (Å²) in [6.45, 7) is 4.02. The Labute approximate surface area is 252 Å². The van der Waals surface area contributed by atoms with Gasteiger partial charge in [-0.15, -0.1) is 0 Å². The van der Waals surface area contributed by atoms with E-state index in [1.165, 1.54) is 19.3 Å². The van der Waals surface area contributed by atoms with Crippen LogP contribution in [-0.4, -0.2) is 34.9 Å². The molecule has 0 rings (SSSR count). The fourth-order valence-electron chi connectivity index (χ4n) is 4.10. The van der Waals surface area contributed by atoms with Crippen molar-refractivity contribution in [2.75, 3.05) is 6.61 Å². The van der Waals surface area contributed by atoms with Gasteiger partial charge < -0.3 is 15.5 Å². The molecule has 0 aliphatic rings. The normalized spacial score (nSPS) is 14.3. The fraction of sp³-hybridized carbons (Fsp3) is 0.595. The number of amides is 1. The third-order valence-electron chi connectivity index (χ3n) is 6.63. The first-order chi connectivity index (χ1) is 20.2. The third-order valence-corrected chi connectivity index (χ3v) is 6.63. The van der Waals surface area contributed by atoms with Crippen LogP contribution in [0.1, 0.15) is 123 Å². The molecule has 0 aliphatic heterocycles. The first-order valence-electron chi connectivity index (χ1n) is 16.3. The molecule has 232 valence electrons. The van der Waals surface area contributed by atoms with E-state index in [4.69, 9.17) is 0 Å². The molecule has 1 amide bonds. The fourth-order valence-corrected chi connectivity index (χ4v) is 4.10. The zero-order valence-corrected chi connectivity index (χ0v) is 26.3. The molecular formula is C37H61NO3. The van der Waals surface area contributed by atoms with Crippen LogP contribution in [0.15, 0.2) is 85.1 Å². The number of aliphatic hydroxyl groups excluding tert-OH is 2. The Kier molecular flexibility index (Phi) is 30.2. The Hall–Kier alpha value is -2.43. The van der Waals surface area contributed by atoms with Gasteiger partial charge in [-0.2, -0.15) is 0 Å². The molecule has 0 saturated carbocycles. The Morgan fingerprint density at radius 1 is 0.610 bits per heavy atom. The minimum atomic E-state index is -0.845. The van der Waals surface area contributed by atoms with E-state index in [1.54, 1.807) is 6.08 Å². The van der Waals surface area contributed by atoms with Gasteiger partial charge >= 0.3 is 0 Å². The predicted octanol–water partition coefficient (Wildman–Crippen LogP) is 9.39. The number of carbonyl (C=O) groups is 1. The summed E-state index contributed by atoms with van der Waals surface area (Å²) in [6.07, 6.45) is 47.0. The number of aliphatic hydroxyl groups is 2. The van der Waals surface area contributed by atoms with Crippen molar-refractivity contribution in [2.45, 2.75) is 135 Å². The zero-order valence-electron chi connectivity index (χ0n) is 26.3. The predicted molar refractivity (Wildman–Crippen MR) is 179 cm³/mol. The van der Waals surface area contributed by atoms with Crippen molar-refractivity contribution < 1.29 is 15.0 Å². The molecule has 4 nitrogen and oxygen atoms in total. The molecule has 0 bridgehead atoms. The number of carbonyl (C=O) groups excluding carboxylic acids is 1. The average molecular weight is 568 g/mol. The van der Waals surface area contributed by atoms with Crippen LogP contribution in [0.3, 0.4) is 0 Å². The first kappa shape index (κ1) is 38.6. The highest BCUT2D eigenvalue weighted by atomic mass is 16.3. The summed E-state index contributed by atoms with van der Waals surface area (Å²) in [5.74, 6) is -0.0947. The van der Waals surface area contributed by atoms with Crippen molar-refractivity contribution in [3.8, 4) is 0 Å². The van der Waals surface area contributed by atoms with Gasteiger partial charge in [0.25, 0.3) is 0 Å². The number of nitrogens with one attached hydrogen (secondary N) is 1. The Morgan fingerprint density at radius 2 is 1.07 bits per heavy atom. The highest BCUT2D eigenvalue weighted by Crippen LogP contribution is 2.10. The molecule has 0 saturated heterocycles. The van der Waals surface area contributed by atoms with E-state index in [1.807, 2.05) is 6.08 Å². The Morgan fingerprint density at radius 3 is 1.59 bits per heavy atom. The van der Waals surface area contributed by atoms with Crippen molar-refractivity contribution >= 4 is 5.91 Å². The molecule has 0 radical (unpaired) electrons. The minimum Gasteiger partial charge on any atom is -0.394 e. The van der Waals surface area contributed by atoms with Crippen molar-refractivity contribution in [1.82, 2.24) is 5.32 Å². The number of unbranched alkanes of at least 4 members (excludes halogenated alkanes) is 8. The standard InChI is InChI=1S/C37H61NO3/c1-3-5-7-9-10-11-12-13-14-15-16-17-18-19-20-21-22-23-24-25-26-27-28-29-31-33-37(41)38-35(34-39)36(40)32-30-8-6-4-2/h5,7,10-11,13-14,16-17,19-20,22-23,30,32,35-36,39-40H,3-4,6,8-9,12,15,18,21,24-29,31,33-34H2,1-2H3,(H,38,41)/b7-5-,11-10-,14-13-,17-16-,20-19-,23-22-,32-30+. The van der Waals surface area contributed by atoms with E-state index in [2.05, 4.69) is 92.1 Å². The number of rotatable bonds is 27. The molecule has 4 heteroatoms. The molecule has 0 aliphatic carbocycles. The van der Waals surface area contributed by atoms with Crippen molar-refractivity contribution in [2.24, 2.45) is 0 Å². The Balaban J connectivity index is 3.64. The molecule has 0 heterocycles. The number of hydrogen-bond donors (Lipinski definition) is 3. The second kappa shape index (κ2) is 32.1. The molecule has 2 unspecified atom stereocenters. The van der Waals surface area contributed by atoms with Crippen LogP contribution >= 0.6 is 0 Å². The van der Waals surface area contributed by atoms with Gasteiger partial charge in [0.1, 0.15) is 0 Å². The zero-order chi connectivity index (χ0) is 30.1. The lowest BCUT2D eigenvalue weighted by Gasteiger charge is -2.19. The van der Waals surface area contributed by atoms with Crippen LogP contribution in [0, 0.1) is 0 Å². The summed E-state index contributed by atoms with van der Waals surface area (Å²) in [4.78, 5) is 12.1. The van der Waals surface area contributed by atoms with Gasteiger partial charge in [0.05, 0.1) is 18.8 Å². The summed E-state index contributed by atoms with van der Waals surface area (Å²) < 4.78 is 0.